The molecule has 12 heteroatoms. The highest BCUT2D eigenvalue weighted by molar-refractivity contribution is 8.00. The Morgan fingerprint density at radius 3 is 2.53 bits per heavy atom. The van der Waals surface area contributed by atoms with Crippen molar-refractivity contribution in [2.75, 3.05) is 11.5 Å². The Balaban J connectivity index is 1.34. The van der Waals surface area contributed by atoms with Crippen LogP contribution in [0.2, 0.25) is 5.02 Å². The van der Waals surface area contributed by atoms with Crippen LogP contribution in [0.15, 0.2) is 111 Å². The lowest BCUT2D eigenvalue weighted by atomic mass is 9.95. The topological polar surface area (TPSA) is 115 Å². The number of amides is 1. The second kappa shape index (κ2) is 13.6. The average molecular weight is 660 g/mol. The number of anilines is 1. The van der Waals surface area contributed by atoms with Crippen molar-refractivity contribution in [2.24, 2.45) is 0 Å². The Morgan fingerprint density at radius 1 is 1.00 bits per heavy atom. The van der Waals surface area contributed by atoms with E-state index >= 15 is 0 Å². The van der Waals surface area contributed by atoms with E-state index in [0.717, 1.165) is 11.1 Å². The van der Waals surface area contributed by atoms with Crippen molar-refractivity contribution in [1.29, 1.82) is 0 Å². The third-order valence-corrected chi connectivity index (χ3v) is 9.27. The Hall–Kier alpha value is -4.58. The van der Waals surface area contributed by atoms with Crippen molar-refractivity contribution in [1.82, 2.24) is 10.2 Å². The second-order valence-electron chi connectivity index (χ2n) is 9.83. The first kappa shape index (κ1) is 30.4. The van der Waals surface area contributed by atoms with Crippen molar-refractivity contribution in [3.63, 3.8) is 0 Å². The van der Waals surface area contributed by atoms with Gasteiger partial charge in [0.2, 0.25) is 10.9 Å². The molecule has 5 aromatic rings. The van der Waals surface area contributed by atoms with Gasteiger partial charge in [0.05, 0.1) is 24.5 Å². The molecule has 45 heavy (non-hydrogen) atoms. The van der Waals surface area contributed by atoms with Crippen molar-refractivity contribution < 1.29 is 28.6 Å². The molecule has 0 saturated carbocycles. The number of hydrogen-bond acceptors (Lipinski definition) is 10. The monoisotopic (exact) mass is 659 g/mol. The lowest BCUT2D eigenvalue weighted by Gasteiger charge is -2.25. The maximum Gasteiger partial charge on any atom is 0.296 e. The van der Waals surface area contributed by atoms with Gasteiger partial charge in [-0.15, -0.1) is 10.2 Å². The zero-order valence-electron chi connectivity index (χ0n) is 23.9. The fraction of sp³-hybridized carbons (Fsp3) is 0.152. The van der Waals surface area contributed by atoms with Crippen LogP contribution in [-0.4, -0.2) is 33.6 Å². The summed E-state index contributed by atoms with van der Waals surface area (Å²) in [5, 5.41) is 20.6. The molecule has 1 amide bonds. The molecule has 0 fully saturated rings. The van der Waals surface area contributed by atoms with Gasteiger partial charge in [-0.25, -0.2) is 0 Å². The number of Topliss-reactive ketones (excluding diaryl/α,β-unsaturated/α-hetero) is 1. The molecule has 1 aliphatic rings. The quantitative estimate of drug-likeness (QED) is 0.0812. The average Bonchev–Trinajstić information content (AvgIpc) is 3.81. The van der Waals surface area contributed by atoms with Gasteiger partial charge in [0, 0.05) is 10.8 Å². The fourth-order valence-electron chi connectivity index (χ4n) is 4.79. The van der Waals surface area contributed by atoms with Crippen LogP contribution < -0.4 is 14.4 Å². The molecule has 0 spiro atoms. The summed E-state index contributed by atoms with van der Waals surface area (Å²) < 4.78 is 18.0. The minimum atomic E-state index is -1.04. The molecule has 1 N–H and O–H groups in total. The number of aromatic nitrogens is 2. The first-order chi connectivity index (χ1) is 21.9. The molecule has 6 rings (SSSR count). The summed E-state index contributed by atoms with van der Waals surface area (Å²) in [4.78, 5) is 28.6. The molecule has 1 atom stereocenters. The molecule has 3 aromatic carbocycles. The standard InChI is InChI=1S/C33H26ClN3O6S2/c1-2-41-26-17-22(12-15-24(26)43-18-20-7-4-3-5-8-20)28-27(29(38)25-9-6-16-42-25)30(39)31(40)37(28)32-35-36-33(45-32)44-19-21-10-13-23(34)14-11-21/h3-17,28,39H,2,18-19H2,1H3. The first-order valence-corrected chi connectivity index (χ1v) is 16.1. The number of rotatable bonds is 12. The predicted molar refractivity (Wildman–Crippen MR) is 172 cm³/mol. The van der Waals surface area contributed by atoms with Gasteiger partial charge in [-0.1, -0.05) is 83.2 Å². The number of aliphatic hydroxyl groups is 1. The number of furan rings is 1. The van der Waals surface area contributed by atoms with E-state index in [4.69, 9.17) is 25.5 Å². The number of carbonyl (C=O) groups is 2. The van der Waals surface area contributed by atoms with E-state index in [1.165, 1.54) is 40.3 Å². The zero-order valence-corrected chi connectivity index (χ0v) is 26.3. The third-order valence-electron chi connectivity index (χ3n) is 6.90. The minimum absolute atomic E-state index is 0.0134. The predicted octanol–water partition coefficient (Wildman–Crippen LogP) is 7.84. The van der Waals surface area contributed by atoms with Gasteiger partial charge >= 0.3 is 0 Å². The second-order valence-corrected chi connectivity index (χ2v) is 12.4. The molecule has 0 aliphatic carbocycles. The highest BCUT2D eigenvalue weighted by Crippen LogP contribution is 2.45. The Labute approximate surface area is 272 Å². The van der Waals surface area contributed by atoms with Crippen LogP contribution in [0, 0.1) is 0 Å². The van der Waals surface area contributed by atoms with Crippen LogP contribution in [0.25, 0.3) is 0 Å². The summed E-state index contributed by atoms with van der Waals surface area (Å²) in [6.45, 7) is 2.52. The molecular weight excluding hydrogens is 634 g/mol. The van der Waals surface area contributed by atoms with Crippen molar-refractivity contribution in [2.45, 2.75) is 29.7 Å². The van der Waals surface area contributed by atoms with Gasteiger partial charge in [-0.2, -0.15) is 0 Å². The molecule has 3 heterocycles. The fourth-order valence-corrected chi connectivity index (χ4v) is 6.74. The van der Waals surface area contributed by atoms with Crippen molar-refractivity contribution >= 4 is 51.5 Å². The normalized spacial score (nSPS) is 14.7. The summed E-state index contributed by atoms with van der Waals surface area (Å²) in [5.41, 5.74) is 2.39. The number of thioether (sulfide) groups is 1. The molecule has 0 radical (unpaired) electrons. The number of ketones is 1. The summed E-state index contributed by atoms with van der Waals surface area (Å²) in [6.07, 6.45) is 1.36. The van der Waals surface area contributed by atoms with Gasteiger partial charge < -0.3 is 19.0 Å². The number of ether oxygens (including phenoxy) is 2. The smallest absolute Gasteiger partial charge is 0.296 e. The van der Waals surface area contributed by atoms with Gasteiger partial charge in [-0.3, -0.25) is 14.5 Å². The third kappa shape index (κ3) is 6.60. The summed E-state index contributed by atoms with van der Waals surface area (Å²) in [6, 6.07) is 24.4. The number of carbonyl (C=O) groups excluding carboxylic acids is 2. The zero-order chi connectivity index (χ0) is 31.3. The van der Waals surface area contributed by atoms with Crippen molar-refractivity contribution in [3.05, 3.63) is 130 Å². The van der Waals surface area contributed by atoms with Crippen LogP contribution in [0.5, 0.6) is 11.5 Å². The van der Waals surface area contributed by atoms with Crippen LogP contribution in [0.4, 0.5) is 5.13 Å². The Kier molecular flexibility index (Phi) is 9.20. The maximum atomic E-state index is 13.7. The highest BCUT2D eigenvalue weighted by atomic mass is 35.5. The van der Waals surface area contributed by atoms with Gasteiger partial charge in [0.15, 0.2) is 27.4 Å². The number of nitrogens with zero attached hydrogens (tertiary/aromatic N) is 3. The van der Waals surface area contributed by atoms with Gasteiger partial charge in [0.1, 0.15) is 6.61 Å². The van der Waals surface area contributed by atoms with E-state index in [2.05, 4.69) is 10.2 Å². The van der Waals surface area contributed by atoms with Crippen LogP contribution in [0.1, 0.15) is 40.2 Å². The SMILES string of the molecule is CCOc1cc(C2C(C(=O)c3ccco3)=C(O)C(=O)N2c2nnc(SCc3ccc(Cl)cc3)s2)ccc1OCc1ccccc1. The molecule has 9 nitrogen and oxygen atoms in total. The van der Waals surface area contributed by atoms with Crippen LogP contribution >= 0.6 is 34.7 Å². The minimum Gasteiger partial charge on any atom is -0.503 e. The lowest BCUT2D eigenvalue weighted by molar-refractivity contribution is -0.117. The molecule has 0 saturated heterocycles. The largest absolute Gasteiger partial charge is 0.503 e. The lowest BCUT2D eigenvalue weighted by Crippen LogP contribution is -2.31. The summed E-state index contributed by atoms with van der Waals surface area (Å²) in [7, 11) is 0. The molecular formula is C33H26ClN3O6S2. The van der Waals surface area contributed by atoms with Crippen molar-refractivity contribution in [3.8, 4) is 11.5 Å². The molecule has 2 aromatic heterocycles. The Bertz CT molecular complexity index is 1840. The van der Waals surface area contributed by atoms with E-state index in [9.17, 15) is 14.7 Å². The maximum absolute atomic E-state index is 13.7. The molecule has 1 aliphatic heterocycles. The van der Waals surface area contributed by atoms with E-state index in [1.807, 2.05) is 61.5 Å². The molecule has 228 valence electrons. The number of halogens is 1. The van der Waals surface area contributed by atoms with E-state index in [0.29, 0.717) is 45.4 Å². The summed E-state index contributed by atoms with van der Waals surface area (Å²) >= 11 is 8.63. The highest BCUT2D eigenvalue weighted by Gasteiger charge is 2.47. The molecule has 0 bridgehead atoms. The van der Waals surface area contributed by atoms with Crippen LogP contribution in [-0.2, 0) is 17.2 Å². The number of hydrogen-bond donors (Lipinski definition) is 1. The van der Waals surface area contributed by atoms with Gasteiger partial charge in [-0.05, 0) is 60.0 Å². The van der Waals surface area contributed by atoms with Gasteiger partial charge in [0.25, 0.3) is 5.91 Å². The molecule has 1 unspecified atom stereocenters. The van der Waals surface area contributed by atoms with E-state index in [1.54, 1.807) is 24.3 Å². The first-order valence-electron chi connectivity index (χ1n) is 13.9. The summed E-state index contributed by atoms with van der Waals surface area (Å²) in [5.74, 6) is -0.577. The van der Waals surface area contributed by atoms with Crippen LogP contribution in [0.3, 0.4) is 0 Å². The Morgan fingerprint density at radius 2 is 1.80 bits per heavy atom. The van der Waals surface area contributed by atoms with E-state index in [-0.39, 0.29) is 16.5 Å². The van der Waals surface area contributed by atoms with E-state index < -0.39 is 23.5 Å². The number of aliphatic hydroxyl groups excluding tert-OH is 1. The number of benzene rings is 3.